The molecule has 0 bridgehead atoms. The zero-order valence-corrected chi connectivity index (χ0v) is 43.8. The lowest BCUT2D eigenvalue weighted by molar-refractivity contribution is -0.201. The average Bonchev–Trinajstić information content (AvgIpc) is 3.27. The Kier molecular flexibility index (Phi) is 43.5. The van der Waals surface area contributed by atoms with E-state index in [9.17, 15) is 27.7 Å². The van der Waals surface area contributed by atoms with E-state index in [1.54, 1.807) is 0 Å². The van der Waals surface area contributed by atoms with Gasteiger partial charge < -0.3 is 14.6 Å². The van der Waals surface area contributed by atoms with Gasteiger partial charge in [-0.25, -0.2) is 4.79 Å². The van der Waals surface area contributed by atoms with Crippen molar-refractivity contribution in [3.63, 3.8) is 0 Å². The maximum atomic E-state index is 14.9. The third-order valence-corrected chi connectivity index (χ3v) is 14.6. The van der Waals surface area contributed by atoms with Crippen LogP contribution < -0.4 is 0 Å². The number of unbranched alkanes of at least 4 members (excludes halogenated alkanes) is 36. The Balaban J connectivity index is 6.32. The molecule has 0 rings (SSSR count). The van der Waals surface area contributed by atoms with Gasteiger partial charge in [0.15, 0.2) is 5.60 Å². The standard InChI is InChI=1S/C55H108O8S/c1-5-9-13-17-21-25-29-33-37-41-46-54(47-42-38-34-30-26-22-18-14-10-6-2,52(56)62-49-44-40-36-32-28-24-20-16-12-8-4)55(58,53(57)63-50-45-51-64(59,60)61)48-43-39-35-31-27-23-19-15-11-7-3/h58H,5-51H2,1-4H3,(H,59,60,61). The molecule has 0 aliphatic heterocycles. The normalized spacial score (nSPS) is 13.0. The zero-order chi connectivity index (χ0) is 47.3. The van der Waals surface area contributed by atoms with Gasteiger partial charge in [-0.05, 0) is 38.5 Å². The summed E-state index contributed by atoms with van der Waals surface area (Å²) in [6.45, 7) is 8.97. The summed E-state index contributed by atoms with van der Waals surface area (Å²) < 4.78 is 44.4. The van der Waals surface area contributed by atoms with Crippen LogP contribution in [-0.2, 0) is 29.2 Å². The minimum absolute atomic E-state index is 0.0913. The van der Waals surface area contributed by atoms with E-state index in [4.69, 9.17) is 9.47 Å². The minimum atomic E-state index is -4.24. The summed E-state index contributed by atoms with van der Waals surface area (Å²) in [5, 5.41) is 13.1. The third-order valence-electron chi connectivity index (χ3n) is 13.8. The van der Waals surface area contributed by atoms with Crippen molar-refractivity contribution in [1.82, 2.24) is 0 Å². The van der Waals surface area contributed by atoms with E-state index in [0.29, 0.717) is 32.1 Å². The maximum Gasteiger partial charge on any atom is 0.339 e. The van der Waals surface area contributed by atoms with E-state index >= 15 is 0 Å². The number of hydrogen-bond donors (Lipinski definition) is 2. The Labute approximate surface area is 397 Å². The number of carbonyl (C=O) groups excluding carboxylic acids is 2. The van der Waals surface area contributed by atoms with Gasteiger partial charge in [-0.15, -0.1) is 0 Å². The van der Waals surface area contributed by atoms with E-state index in [1.807, 2.05) is 0 Å². The summed E-state index contributed by atoms with van der Waals surface area (Å²) in [5.74, 6) is -1.87. The molecule has 8 nitrogen and oxygen atoms in total. The number of carbonyl (C=O) groups is 2. The maximum absolute atomic E-state index is 14.9. The first-order valence-corrected chi connectivity index (χ1v) is 29.7. The molecule has 0 aromatic rings. The van der Waals surface area contributed by atoms with E-state index in [2.05, 4.69) is 27.7 Å². The topological polar surface area (TPSA) is 127 Å². The van der Waals surface area contributed by atoms with Crippen molar-refractivity contribution in [2.45, 2.75) is 316 Å². The predicted molar refractivity (Wildman–Crippen MR) is 272 cm³/mol. The lowest BCUT2D eigenvalue weighted by atomic mass is 9.63. The Hall–Kier alpha value is -1.19. The van der Waals surface area contributed by atoms with Gasteiger partial charge in [0.25, 0.3) is 10.1 Å². The number of rotatable bonds is 51. The summed E-state index contributed by atoms with van der Waals surface area (Å²) in [6.07, 6.45) is 46.2. The first-order chi connectivity index (χ1) is 31.0. The molecule has 0 amide bonds. The quantitative estimate of drug-likeness (QED) is 0.0351. The second-order valence-electron chi connectivity index (χ2n) is 19.8. The Bertz CT molecular complexity index is 1120. The van der Waals surface area contributed by atoms with Crippen LogP contribution in [-0.4, -0.2) is 54.6 Å². The monoisotopic (exact) mass is 929 g/mol. The predicted octanol–water partition coefficient (Wildman–Crippen LogP) is 16.9. The van der Waals surface area contributed by atoms with Crippen LogP contribution in [0, 0.1) is 5.41 Å². The van der Waals surface area contributed by atoms with Crippen LogP contribution in [0.4, 0.5) is 0 Å². The molecule has 0 aromatic heterocycles. The number of esters is 2. The fourth-order valence-electron chi connectivity index (χ4n) is 9.56. The fourth-order valence-corrected chi connectivity index (χ4v) is 10.0. The van der Waals surface area contributed by atoms with Crippen LogP contribution in [0.3, 0.4) is 0 Å². The van der Waals surface area contributed by atoms with Crippen LogP contribution in [0.1, 0.15) is 310 Å². The SMILES string of the molecule is CCCCCCCCCCCCOC(=O)C(CCCCCCCCCCCC)(CCCCCCCCCCCC)C(O)(CCCCCCCCCCCC)C(=O)OCCCS(=O)(=O)O. The van der Waals surface area contributed by atoms with Crippen LogP contribution in [0.25, 0.3) is 0 Å². The van der Waals surface area contributed by atoms with Crippen molar-refractivity contribution in [2.24, 2.45) is 5.41 Å². The molecule has 0 aromatic carbocycles. The molecule has 1 unspecified atom stereocenters. The van der Waals surface area contributed by atoms with Crippen LogP contribution >= 0.6 is 0 Å². The first-order valence-electron chi connectivity index (χ1n) is 28.1. The third kappa shape index (κ3) is 34.2. The molecular weight excluding hydrogens is 821 g/mol. The lowest BCUT2D eigenvalue weighted by Gasteiger charge is -2.44. The molecule has 0 spiro atoms. The highest BCUT2D eigenvalue weighted by molar-refractivity contribution is 7.85. The van der Waals surface area contributed by atoms with Crippen molar-refractivity contribution in [3.05, 3.63) is 0 Å². The van der Waals surface area contributed by atoms with Gasteiger partial charge >= 0.3 is 11.9 Å². The molecule has 9 heteroatoms. The highest BCUT2D eigenvalue weighted by Crippen LogP contribution is 2.47. The van der Waals surface area contributed by atoms with Crippen LogP contribution in [0.5, 0.6) is 0 Å². The molecule has 0 aliphatic rings. The van der Waals surface area contributed by atoms with Crippen molar-refractivity contribution >= 4 is 22.1 Å². The molecule has 64 heavy (non-hydrogen) atoms. The second kappa shape index (κ2) is 44.3. The summed E-state index contributed by atoms with van der Waals surface area (Å²) >= 11 is 0. The zero-order valence-electron chi connectivity index (χ0n) is 43.0. The number of aliphatic hydroxyl groups is 1. The van der Waals surface area contributed by atoms with E-state index in [-0.39, 0.29) is 26.1 Å². The Morgan fingerprint density at radius 3 is 0.922 bits per heavy atom. The van der Waals surface area contributed by atoms with Gasteiger partial charge in [0.2, 0.25) is 0 Å². The van der Waals surface area contributed by atoms with Crippen molar-refractivity contribution in [1.29, 1.82) is 0 Å². The Morgan fingerprint density at radius 2 is 0.609 bits per heavy atom. The average molecular weight is 930 g/mol. The lowest BCUT2D eigenvalue weighted by Crippen LogP contribution is -2.59. The molecule has 1 atom stereocenters. The van der Waals surface area contributed by atoms with Crippen molar-refractivity contribution in [3.8, 4) is 0 Å². The molecular formula is C55H108O8S. The highest BCUT2D eigenvalue weighted by Gasteiger charge is 2.60. The van der Waals surface area contributed by atoms with E-state index in [0.717, 1.165) is 77.0 Å². The molecule has 0 fully saturated rings. The minimum Gasteiger partial charge on any atom is -0.465 e. The van der Waals surface area contributed by atoms with Crippen molar-refractivity contribution < 1.29 is 37.1 Å². The number of ether oxygens (including phenoxy) is 2. The summed E-state index contributed by atoms with van der Waals surface area (Å²) in [5.41, 5.74) is -3.58. The number of hydrogen-bond acceptors (Lipinski definition) is 7. The first kappa shape index (κ1) is 62.8. The fraction of sp³-hybridized carbons (Fsp3) is 0.964. The molecule has 0 saturated carbocycles. The summed E-state index contributed by atoms with van der Waals surface area (Å²) in [6, 6.07) is 0. The Morgan fingerprint density at radius 1 is 0.359 bits per heavy atom. The smallest absolute Gasteiger partial charge is 0.339 e. The van der Waals surface area contributed by atoms with Gasteiger partial charge in [0.05, 0.1) is 19.0 Å². The molecule has 0 radical (unpaired) electrons. The highest BCUT2D eigenvalue weighted by atomic mass is 32.2. The van der Waals surface area contributed by atoms with Crippen LogP contribution in [0.2, 0.25) is 0 Å². The molecule has 382 valence electrons. The molecule has 0 aliphatic carbocycles. The molecule has 0 heterocycles. The van der Waals surface area contributed by atoms with Gasteiger partial charge in [-0.2, -0.15) is 8.42 Å². The summed E-state index contributed by atoms with van der Waals surface area (Å²) in [7, 11) is -4.24. The largest absolute Gasteiger partial charge is 0.465 e. The molecule has 2 N–H and O–H groups in total. The van der Waals surface area contributed by atoms with E-state index in [1.165, 1.54) is 161 Å². The van der Waals surface area contributed by atoms with Crippen LogP contribution in [0.15, 0.2) is 0 Å². The van der Waals surface area contributed by atoms with Gasteiger partial charge in [0, 0.05) is 0 Å². The van der Waals surface area contributed by atoms with Gasteiger partial charge in [0.1, 0.15) is 5.41 Å². The van der Waals surface area contributed by atoms with Crippen molar-refractivity contribution in [2.75, 3.05) is 19.0 Å². The van der Waals surface area contributed by atoms with Gasteiger partial charge in [-0.1, -0.05) is 272 Å². The second-order valence-corrected chi connectivity index (χ2v) is 21.4. The summed E-state index contributed by atoms with van der Waals surface area (Å²) in [4.78, 5) is 29.4. The van der Waals surface area contributed by atoms with E-state index < -0.39 is 38.8 Å². The molecule has 0 saturated heterocycles. The van der Waals surface area contributed by atoms with Gasteiger partial charge in [-0.3, -0.25) is 9.35 Å².